The zero-order valence-corrected chi connectivity index (χ0v) is 13.7. The Labute approximate surface area is 141 Å². The van der Waals surface area contributed by atoms with Gasteiger partial charge in [0.1, 0.15) is 0 Å². The highest BCUT2D eigenvalue weighted by molar-refractivity contribution is 6.20. The normalized spacial score (nSPS) is 43.5. The van der Waals surface area contributed by atoms with Crippen molar-refractivity contribution >= 4 is 11.8 Å². The van der Waals surface area contributed by atoms with E-state index in [-0.39, 0.29) is 11.8 Å². The zero-order chi connectivity index (χ0) is 16.1. The Morgan fingerprint density at radius 3 is 2.17 bits per heavy atom. The maximum atomic E-state index is 12.3. The third-order valence-corrected chi connectivity index (χ3v) is 8.07. The minimum absolute atomic E-state index is 0.315. The lowest BCUT2D eigenvalue weighted by Gasteiger charge is -2.66. The van der Waals surface area contributed by atoms with Gasteiger partial charge in [-0.2, -0.15) is 0 Å². The minimum atomic E-state index is -0.315. The van der Waals surface area contributed by atoms with Gasteiger partial charge in [0.25, 0.3) is 11.8 Å². The highest BCUT2D eigenvalue weighted by Crippen LogP contribution is 2.85. The number of carbonyl (C=O) groups is 2. The first-order valence-electron chi connectivity index (χ1n) is 9.24. The number of amides is 2. The third kappa shape index (κ3) is 1.37. The number of imide groups is 1. The molecule has 0 saturated heterocycles. The third-order valence-electron chi connectivity index (χ3n) is 8.07. The molecule has 4 fully saturated rings. The molecule has 1 aromatic rings. The highest BCUT2D eigenvalue weighted by atomic mass is 16.7. The van der Waals surface area contributed by atoms with Crippen molar-refractivity contribution in [3.8, 4) is 0 Å². The van der Waals surface area contributed by atoms with Gasteiger partial charge in [0.05, 0.1) is 17.7 Å². The molecule has 2 bridgehead atoms. The predicted octanol–water partition coefficient (Wildman–Crippen LogP) is 3.43. The first-order chi connectivity index (χ1) is 11.6. The van der Waals surface area contributed by atoms with Gasteiger partial charge < -0.3 is 0 Å². The SMILES string of the molecule is O=C1c2ccccc2C(=O)N1OCCC12CC3CC4CC(C1)C43C2. The van der Waals surface area contributed by atoms with Crippen molar-refractivity contribution in [2.45, 2.75) is 38.5 Å². The van der Waals surface area contributed by atoms with E-state index in [1.165, 1.54) is 32.1 Å². The largest absolute Gasteiger partial charge is 0.285 e. The summed E-state index contributed by atoms with van der Waals surface area (Å²) in [7, 11) is 0. The summed E-state index contributed by atoms with van der Waals surface area (Å²) in [5.74, 6) is 2.33. The van der Waals surface area contributed by atoms with Crippen LogP contribution in [0.1, 0.15) is 59.2 Å². The smallest absolute Gasteiger partial charge is 0.266 e. The zero-order valence-electron chi connectivity index (χ0n) is 13.7. The van der Waals surface area contributed by atoms with Crippen LogP contribution in [-0.4, -0.2) is 23.5 Å². The standard InChI is InChI=1S/C20H21NO3/c22-17-15-3-1-2-4-16(15)18(23)21(17)24-6-5-19-9-13-7-12-8-14(10-19)20(12,13)11-19/h1-4,12-14H,5-11H2. The van der Waals surface area contributed by atoms with Crippen molar-refractivity contribution in [2.24, 2.45) is 28.6 Å². The second-order valence-electron chi connectivity index (χ2n) is 8.79. The van der Waals surface area contributed by atoms with Gasteiger partial charge in [-0.15, -0.1) is 5.06 Å². The van der Waals surface area contributed by atoms with Crippen LogP contribution in [0, 0.1) is 28.6 Å². The lowest BCUT2D eigenvalue weighted by atomic mass is 9.38. The Bertz CT molecular complexity index is 734. The second kappa shape index (κ2) is 4.10. The van der Waals surface area contributed by atoms with Crippen molar-refractivity contribution in [3.63, 3.8) is 0 Å². The van der Waals surface area contributed by atoms with Crippen molar-refractivity contribution in [2.75, 3.05) is 6.61 Å². The van der Waals surface area contributed by atoms with Gasteiger partial charge in [0.15, 0.2) is 0 Å². The van der Waals surface area contributed by atoms with E-state index in [9.17, 15) is 9.59 Å². The number of fused-ring (bicyclic) bond motifs is 2. The molecular formula is C20H21NO3. The van der Waals surface area contributed by atoms with E-state index in [1.54, 1.807) is 24.3 Å². The van der Waals surface area contributed by atoms with Gasteiger partial charge in [0, 0.05) is 0 Å². The van der Waals surface area contributed by atoms with E-state index in [0.29, 0.717) is 23.1 Å². The molecule has 5 aliphatic rings. The topological polar surface area (TPSA) is 46.6 Å². The summed E-state index contributed by atoms with van der Waals surface area (Å²) in [6.07, 6.45) is 7.99. The molecule has 4 heteroatoms. The van der Waals surface area contributed by atoms with Gasteiger partial charge in [-0.25, -0.2) is 0 Å². The molecule has 1 aromatic carbocycles. The first-order valence-corrected chi connectivity index (χ1v) is 9.24. The molecule has 124 valence electrons. The number of nitrogens with zero attached hydrogens (tertiary/aromatic N) is 1. The van der Waals surface area contributed by atoms with Gasteiger partial charge in [-0.3, -0.25) is 14.4 Å². The fraction of sp³-hybridized carbons (Fsp3) is 0.600. The summed E-state index contributed by atoms with van der Waals surface area (Å²) < 4.78 is 0. The van der Waals surface area contributed by atoms with E-state index in [1.807, 2.05) is 0 Å². The van der Waals surface area contributed by atoms with Gasteiger partial charge in [-0.05, 0) is 79.2 Å². The van der Waals surface area contributed by atoms with Crippen LogP contribution in [0.15, 0.2) is 24.3 Å². The quantitative estimate of drug-likeness (QED) is 0.798. The van der Waals surface area contributed by atoms with Crippen molar-refractivity contribution in [3.05, 3.63) is 35.4 Å². The van der Waals surface area contributed by atoms with E-state index in [2.05, 4.69) is 0 Å². The molecule has 2 unspecified atom stereocenters. The molecule has 0 N–H and O–H groups in total. The number of carbonyl (C=O) groups excluding carboxylic acids is 2. The summed E-state index contributed by atoms with van der Waals surface area (Å²) in [5.41, 5.74) is 2.06. The van der Waals surface area contributed by atoms with Crippen molar-refractivity contribution < 1.29 is 14.4 Å². The molecule has 6 rings (SSSR count). The minimum Gasteiger partial charge on any atom is -0.266 e. The lowest BCUT2D eigenvalue weighted by molar-refractivity contribution is -0.178. The van der Waals surface area contributed by atoms with E-state index in [4.69, 9.17) is 4.84 Å². The van der Waals surface area contributed by atoms with E-state index < -0.39 is 0 Å². The maximum Gasteiger partial charge on any atom is 0.285 e. The fourth-order valence-electron chi connectivity index (χ4n) is 7.17. The Hall–Kier alpha value is -1.68. The predicted molar refractivity (Wildman–Crippen MR) is 85.9 cm³/mol. The molecule has 4 nitrogen and oxygen atoms in total. The average Bonchev–Trinajstić information content (AvgIpc) is 3.12. The summed E-state index contributed by atoms with van der Waals surface area (Å²) in [4.78, 5) is 30.4. The van der Waals surface area contributed by atoms with Crippen LogP contribution >= 0.6 is 0 Å². The Morgan fingerprint density at radius 2 is 1.62 bits per heavy atom. The molecular weight excluding hydrogens is 302 g/mol. The van der Waals surface area contributed by atoms with Crippen LogP contribution < -0.4 is 0 Å². The van der Waals surface area contributed by atoms with Crippen LogP contribution in [0.5, 0.6) is 0 Å². The number of rotatable bonds is 4. The molecule has 1 spiro atoms. The lowest BCUT2D eigenvalue weighted by Crippen LogP contribution is -2.59. The molecule has 4 aliphatic carbocycles. The number of hydrogen-bond donors (Lipinski definition) is 0. The molecule has 0 aromatic heterocycles. The monoisotopic (exact) mass is 323 g/mol. The maximum absolute atomic E-state index is 12.3. The molecule has 1 aliphatic heterocycles. The fourth-order valence-corrected chi connectivity index (χ4v) is 7.17. The molecule has 2 atom stereocenters. The first kappa shape index (κ1) is 13.6. The molecule has 24 heavy (non-hydrogen) atoms. The number of benzene rings is 1. The van der Waals surface area contributed by atoms with Crippen LogP contribution in [0.25, 0.3) is 0 Å². The molecule has 1 heterocycles. The average molecular weight is 323 g/mol. The van der Waals surface area contributed by atoms with Gasteiger partial charge in [0.2, 0.25) is 0 Å². The van der Waals surface area contributed by atoms with Crippen LogP contribution in [0.3, 0.4) is 0 Å². The highest BCUT2D eigenvalue weighted by Gasteiger charge is 2.76. The Kier molecular flexibility index (Phi) is 2.32. The number of hydrogen-bond acceptors (Lipinski definition) is 3. The number of hydroxylamine groups is 2. The van der Waals surface area contributed by atoms with Crippen LogP contribution in [0.2, 0.25) is 0 Å². The Morgan fingerprint density at radius 1 is 1.00 bits per heavy atom. The van der Waals surface area contributed by atoms with Gasteiger partial charge in [-0.1, -0.05) is 12.1 Å². The summed E-state index contributed by atoms with van der Waals surface area (Å²) in [5, 5.41) is 0.982. The summed E-state index contributed by atoms with van der Waals surface area (Å²) in [6.45, 7) is 0.478. The Balaban J connectivity index is 1.15. The van der Waals surface area contributed by atoms with Crippen molar-refractivity contribution in [1.82, 2.24) is 5.06 Å². The summed E-state index contributed by atoms with van der Waals surface area (Å²) >= 11 is 0. The summed E-state index contributed by atoms with van der Waals surface area (Å²) in [6, 6.07) is 6.95. The molecule has 4 saturated carbocycles. The van der Waals surface area contributed by atoms with Crippen LogP contribution in [0.4, 0.5) is 0 Å². The molecule has 0 radical (unpaired) electrons. The van der Waals surface area contributed by atoms with Crippen molar-refractivity contribution in [1.29, 1.82) is 0 Å². The van der Waals surface area contributed by atoms with Gasteiger partial charge >= 0.3 is 0 Å². The molecule has 2 amide bonds. The second-order valence-corrected chi connectivity index (χ2v) is 8.79. The van der Waals surface area contributed by atoms with E-state index >= 15 is 0 Å². The van der Waals surface area contributed by atoms with Crippen LogP contribution in [-0.2, 0) is 4.84 Å². The van der Waals surface area contributed by atoms with E-state index in [0.717, 1.165) is 34.7 Å².